The molecule has 8 heteroatoms. The highest BCUT2D eigenvalue weighted by atomic mass is 16.5. The number of carbonyl (C=O) groups excluding carboxylic acids is 1. The Balaban J connectivity index is 1.69. The smallest absolute Gasteiger partial charge is 0.317 e. The van der Waals surface area contributed by atoms with Crippen molar-refractivity contribution in [3.05, 3.63) is 46.4 Å². The van der Waals surface area contributed by atoms with Crippen molar-refractivity contribution in [2.75, 3.05) is 39.4 Å². The average molecular weight is 371 g/mol. The molecule has 1 amide bonds. The number of H-pyrrole nitrogens is 1. The number of nitrogens with zero attached hydrogens (tertiary/aromatic N) is 2. The van der Waals surface area contributed by atoms with Gasteiger partial charge in [-0.2, -0.15) is 0 Å². The van der Waals surface area contributed by atoms with Crippen molar-refractivity contribution in [3.8, 4) is 0 Å². The van der Waals surface area contributed by atoms with Crippen LogP contribution in [0, 0.1) is 5.92 Å². The average Bonchev–Trinajstić information content (AvgIpc) is 2.92. The molecule has 27 heavy (non-hydrogen) atoms. The van der Waals surface area contributed by atoms with Gasteiger partial charge in [-0.15, -0.1) is 0 Å². The summed E-state index contributed by atoms with van der Waals surface area (Å²) in [6.07, 6.45) is 1.47. The highest BCUT2D eigenvalue weighted by Crippen LogP contribution is 2.24. The van der Waals surface area contributed by atoms with Crippen LogP contribution in [0.25, 0.3) is 10.8 Å². The summed E-state index contributed by atoms with van der Waals surface area (Å²) in [5, 5.41) is 10.2. The molecule has 2 aliphatic heterocycles. The van der Waals surface area contributed by atoms with Crippen LogP contribution in [-0.2, 0) is 9.53 Å². The molecule has 0 saturated carbocycles. The SMILES string of the molecule is O=C(O)CN1C[C@@H]2COC[C@H](C1)N(C(=O)c1c[nH]c(=O)c3ccccc13)C2. The number of hydrogen-bond acceptors (Lipinski definition) is 5. The Labute approximate surface area is 155 Å². The van der Waals surface area contributed by atoms with Crippen molar-refractivity contribution in [3.63, 3.8) is 0 Å². The van der Waals surface area contributed by atoms with Crippen molar-refractivity contribution in [2.45, 2.75) is 6.04 Å². The molecule has 1 aromatic carbocycles. The topological polar surface area (TPSA) is 103 Å². The number of ether oxygens (including phenoxy) is 1. The molecule has 2 atom stereocenters. The molecule has 142 valence electrons. The van der Waals surface area contributed by atoms with Gasteiger partial charge < -0.3 is 19.7 Å². The third-order valence-electron chi connectivity index (χ3n) is 5.20. The number of aromatic nitrogens is 1. The first-order chi connectivity index (χ1) is 13.0. The van der Waals surface area contributed by atoms with Crippen LogP contribution in [0.15, 0.2) is 35.3 Å². The van der Waals surface area contributed by atoms with E-state index in [0.717, 1.165) is 0 Å². The Morgan fingerprint density at radius 1 is 1.15 bits per heavy atom. The summed E-state index contributed by atoms with van der Waals surface area (Å²) in [4.78, 5) is 42.8. The molecule has 4 rings (SSSR count). The highest BCUT2D eigenvalue weighted by Gasteiger charge is 2.37. The molecule has 3 heterocycles. The Kier molecular flexibility index (Phi) is 4.67. The summed E-state index contributed by atoms with van der Waals surface area (Å²) in [5.74, 6) is -0.990. The predicted octanol–water partition coefficient (Wildman–Crippen LogP) is 0.386. The lowest BCUT2D eigenvalue weighted by Gasteiger charge is -2.30. The second kappa shape index (κ2) is 7.13. The summed E-state index contributed by atoms with van der Waals surface area (Å²) in [6.45, 7) is 2.38. The minimum absolute atomic E-state index is 0.0450. The second-order valence-corrected chi connectivity index (χ2v) is 7.18. The number of carbonyl (C=O) groups is 2. The first-order valence-electron chi connectivity index (χ1n) is 8.96. The predicted molar refractivity (Wildman–Crippen MR) is 97.8 cm³/mol. The zero-order chi connectivity index (χ0) is 19.0. The van der Waals surface area contributed by atoms with Crippen LogP contribution in [0.5, 0.6) is 0 Å². The van der Waals surface area contributed by atoms with Crippen molar-refractivity contribution >= 4 is 22.6 Å². The number of nitrogens with one attached hydrogen (secondary N) is 1. The van der Waals surface area contributed by atoms with E-state index in [4.69, 9.17) is 9.84 Å². The van der Waals surface area contributed by atoms with Crippen molar-refractivity contribution in [2.24, 2.45) is 5.92 Å². The number of benzene rings is 1. The normalized spacial score (nSPS) is 23.2. The van der Waals surface area contributed by atoms with Crippen molar-refractivity contribution in [1.29, 1.82) is 0 Å². The van der Waals surface area contributed by atoms with Gasteiger partial charge in [0.25, 0.3) is 11.5 Å². The van der Waals surface area contributed by atoms with Crippen LogP contribution < -0.4 is 5.56 Å². The van der Waals surface area contributed by atoms with E-state index in [1.54, 1.807) is 29.2 Å². The highest BCUT2D eigenvalue weighted by molar-refractivity contribution is 6.06. The molecular formula is C19H21N3O5. The van der Waals surface area contributed by atoms with E-state index in [2.05, 4.69) is 4.98 Å². The number of pyridine rings is 1. The van der Waals surface area contributed by atoms with Crippen LogP contribution in [0.4, 0.5) is 0 Å². The van der Waals surface area contributed by atoms with Gasteiger partial charge >= 0.3 is 5.97 Å². The molecule has 2 fully saturated rings. The molecule has 8 nitrogen and oxygen atoms in total. The number of aromatic amines is 1. The van der Waals surface area contributed by atoms with Crippen molar-refractivity contribution < 1.29 is 19.4 Å². The molecular weight excluding hydrogens is 350 g/mol. The maximum Gasteiger partial charge on any atom is 0.317 e. The molecule has 1 aromatic heterocycles. The first-order valence-corrected chi connectivity index (χ1v) is 8.96. The van der Waals surface area contributed by atoms with Crippen LogP contribution >= 0.6 is 0 Å². The Hall–Kier alpha value is -2.71. The number of fused-ring (bicyclic) bond motifs is 4. The standard InChI is InChI=1S/C19H21N3O5/c23-17(24)9-21-6-12-7-22(13(8-21)11-27-10-12)19(26)16-5-20-18(25)15-4-2-1-3-14(15)16/h1-5,12-13H,6-11H2,(H,20,25)(H,23,24)/t12-,13-/m0/s1. The summed E-state index contributed by atoms with van der Waals surface area (Å²) in [7, 11) is 0. The van der Waals surface area contributed by atoms with E-state index in [9.17, 15) is 14.4 Å². The number of carboxylic acid groups (broad SMARTS) is 1. The molecule has 2 aliphatic rings. The quantitative estimate of drug-likeness (QED) is 0.809. The lowest BCUT2D eigenvalue weighted by molar-refractivity contribution is -0.138. The van der Waals surface area contributed by atoms with Gasteiger partial charge in [-0.3, -0.25) is 19.3 Å². The van der Waals surface area contributed by atoms with E-state index < -0.39 is 5.97 Å². The number of amides is 1. The Bertz CT molecular complexity index is 940. The summed E-state index contributed by atoms with van der Waals surface area (Å²) >= 11 is 0. The number of carboxylic acids is 1. The van der Waals surface area contributed by atoms with Crippen LogP contribution in [0.1, 0.15) is 10.4 Å². The lowest BCUT2D eigenvalue weighted by atomic mass is 10.1. The van der Waals surface area contributed by atoms with Gasteiger partial charge in [0.15, 0.2) is 0 Å². The van der Waals surface area contributed by atoms with Gasteiger partial charge in [0.05, 0.1) is 31.4 Å². The Morgan fingerprint density at radius 3 is 2.70 bits per heavy atom. The maximum atomic E-state index is 13.4. The van der Waals surface area contributed by atoms with E-state index in [0.29, 0.717) is 49.2 Å². The molecule has 2 saturated heterocycles. The third-order valence-corrected chi connectivity index (χ3v) is 5.20. The number of hydrogen-bond donors (Lipinski definition) is 2. The van der Waals surface area contributed by atoms with Crippen molar-refractivity contribution in [1.82, 2.24) is 14.8 Å². The van der Waals surface area contributed by atoms with E-state index in [1.807, 2.05) is 4.90 Å². The molecule has 0 unspecified atom stereocenters. The summed E-state index contributed by atoms with van der Waals surface area (Å²) in [6, 6.07) is 6.81. The summed E-state index contributed by atoms with van der Waals surface area (Å²) in [5.41, 5.74) is 0.218. The fourth-order valence-corrected chi connectivity index (χ4v) is 4.05. The van der Waals surface area contributed by atoms with Gasteiger partial charge in [0.2, 0.25) is 0 Å². The Morgan fingerprint density at radius 2 is 1.93 bits per heavy atom. The van der Waals surface area contributed by atoms with Crippen LogP contribution in [0.3, 0.4) is 0 Å². The van der Waals surface area contributed by atoms with Gasteiger partial charge in [0.1, 0.15) is 0 Å². The monoisotopic (exact) mass is 371 g/mol. The molecule has 2 N–H and O–H groups in total. The number of aliphatic carboxylic acids is 1. The zero-order valence-corrected chi connectivity index (χ0v) is 14.8. The first kappa shape index (κ1) is 17.7. The van der Waals surface area contributed by atoms with Gasteiger partial charge in [-0.05, 0) is 6.07 Å². The molecule has 2 aromatic rings. The zero-order valence-electron chi connectivity index (χ0n) is 14.8. The van der Waals surface area contributed by atoms with Gasteiger partial charge in [0, 0.05) is 42.5 Å². The third kappa shape index (κ3) is 3.45. The molecule has 2 bridgehead atoms. The molecule has 0 spiro atoms. The van der Waals surface area contributed by atoms with Gasteiger partial charge in [-0.1, -0.05) is 18.2 Å². The second-order valence-electron chi connectivity index (χ2n) is 7.18. The van der Waals surface area contributed by atoms with E-state index >= 15 is 0 Å². The van der Waals surface area contributed by atoms with Crippen LogP contribution in [0.2, 0.25) is 0 Å². The fraction of sp³-hybridized carbons (Fsp3) is 0.421. The summed E-state index contributed by atoms with van der Waals surface area (Å²) < 4.78 is 5.71. The fourth-order valence-electron chi connectivity index (χ4n) is 4.05. The minimum atomic E-state index is -0.875. The molecule has 0 aliphatic carbocycles. The minimum Gasteiger partial charge on any atom is -0.480 e. The lowest BCUT2D eigenvalue weighted by Crippen LogP contribution is -2.47. The van der Waals surface area contributed by atoms with E-state index in [-0.39, 0.29) is 30.0 Å². The number of rotatable bonds is 3. The van der Waals surface area contributed by atoms with Gasteiger partial charge in [-0.25, -0.2) is 0 Å². The van der Waals surface area contributed by atoms with Crippen LogP contribution in [-0.4, -0.2) is 77.2 Å². The van der Waals surface area contributed by atoms with E-state index in [1.165, 1.54) is 6.20 Å². The largest absolute Gasteiger partial charge is 0.480 e. The molecule has 0 radical (unpaired) electrons. The maximum absolute atomic E-state index is 13.4.